The highest BCUT2D eigenvalue weighted by molar-refractivity contribution is 6.01. The van der Waals surface area contributed by atoms with Crippen LogP contribution in [0.4, 0.5) is 4.39 Å². The molecule has 11 heteroatoms. The molecule has 2 unspecified atom stereocenters. The summed E-state index contributed by atoms with van der Waals surface area (Å²) >= 11 is 0. The zero-order valence-corrected chi connectivity index (χ0v) is 21.4. The van der Waals surface area contributed by atoms with Gasteiger partial charge in [-0.15, -0.1) is 0 Å². The average Bonchev–Trinajstić information content (AvgIpc) is 3.37. The van der Waals surface area contributed by atoms with Gasteiger partial charge in [-0.3, -0.25) is 9.59 Å². The molecule has 0 saturated heterocycles. The molecule has 0 radical (unpaired) electrons. The zero-order valence-electron chi connectivity index (χ0n) is 21.4. The number of aromatic nitrogens is 2. The van der Waals surface area contributed by atoms with Crippen LogP contribution in [-0.4, -0.2) is 59.0 Å². The molecular weight excluding hydrogens is 481 g/mol. The number of nitrogens with zero attached hydrogens (tertiary/aromatic N) is 3. The highest BCUT2D eigenvalue weighted by Gasteiger charge is 2.25. The molecular formula is C26H34FN5O5. The Morgan fingerprint density at radius 3 is 2.81 bits per heavy atom. The molecule has 2 amide bonds. The van der Waals surface area contributed by atoms with Crippen LogP contribution in [0, 0.1) is 18.7 Å². The Morgan fingerprint density at radius 2 is 2.08 bits per heavy atom. The molecule has 0 fully saturated rings. The van der Waals surface area contributed by atoms with E-state index >= 15 is 0 Å². The summed E-state index contributed by atoms with van der Waals surface area (Å²) in [5.41, 5.74) is 2.05. The first-order chi connectivity index (χ1) is 17.8. The number of methoxy groups -OCH3 is 1. The second kappa shape index (κ2) is 13.6. The summed E-state index contributed by atoms with van der Waals surface area (Å²) in [6.45, 7) is 4.03. The molecule has 0 bridgehead atoms. The molecule has 1 aromatic heterocycles. The maximum Gasteiger partial charge on any atom is 0.270 e. The number of aryl methyl sites for hydroxylation is 1. The van der Waals surface area contributed by atoms with Crippen LogP contribution in [0.5, 0.6) is 5.75 Å². The lowest BCUT2D eigenvalue weighted by Crippen LogP contribution is -2.32. The van der Waals surface area contributed by atoms with Crippen molar-refractivity contribution in [3.63, 3.8) is 0 Å². The summed E-state index contributed by atoms with van der Waals surface area (Å²) in [5, 5.41) is 18.6. The predicted molar refractivity (Wildman–Crippen MR) is 135 cm³/mol. The first kappa shape index (κ1) is 28.0. The molecule has 37 heavy (non-hydrogen) atoms. The first-order valence-electron chi connectivity index (χ1n) is 12.4. The highest BCUT2D eigenvalue weighted by Crippen LogP contribution is 2.23. The van der Waals surface area contributed by atoms with Gasteiger partial charge in [-0.05, 0) is 56.4 Å². The van der Waals surface area contributed by atoms with E-state index in [1.807, 2.05) is 6.92 Å². The zero-order chi connectivity index (χ0) is 26.8. The number of aliphatic hydroxyl groups excluding tert-OH is 1. The monoisotopic (exact) mass is 515 g/mol. The number of nitrogens with one attached hydrogen (secondary N) is 2. The van der Waals surface area contributed by atoms with E-state index in [0.29, 0.717) is 29.2 Å². The minimum Gasteiger partial charge on any atom is -0.494 e. The minimum atomic E-state index is -0.472. The van der Waals surface area contributed by atoms with Crippen molar-refractivity contribution in [3.05, 3.63) is 52.9 Å². The predicted octanol–water partition coefficient (Wildman–Crippen LogP) is 2.66. The smallest absolute Gasteiger partial charge is 0.270 e. The van der Waals surface area contributed by atoms with Crippen LogP contribution in [0.25, 0.3) is 0 Å². The first-order valence-corrected chi connectivity index (χ1v) is 12.4. The van der Waals surface area contributed by atoms with E-state index in [2.05, 4.69) is 25.8 Å². The van der Waals surface area contributed by atoms with Crippen molar-refractivity contribution in [1.29, 1.82) is 0 Å². The summed E-state index contributed by atoms with van der Waals surface area (Å²) in [6, 6.07) is 5.97. The van der Waals surface area contributed by atoms with Crippen LogP contribution in [0.2, 0.25) is 0 Å². The van der Waals surface area contributed by atoms with Crippen LogP contribution in [0.1, 0.15) is 66.6 Å². The van der Waals surface area contributed by atoms with E-state index in [9.17, 15) is 14.0 Å². The van der Waals surface area contributed by atoms with Gasteiger partial charge < -0.3 is 25.3 Å². The van der Waals surface area contributed by atoms with Crippen LogP contribution in [0.3, 0.4) is 0 Å². The van der Waals surface area contributed by atoms with Gasteiger partial charge >= 0.3 is 0 Å². The number of ether oxygens (including phenoxy) is 1. The van der Waals surface area contributed by atoms with Gasteiger partial charge in [0.05, 0.1) is 19.4 Å². The molecule has 0 spiro atoms. The number of carbonyl (C=O) groups excluding carboxylic acids is 2. The van der Waals surface area contributed by atoms with Gasteiger partial charge in [-0.1, -0.05) is 18.1 Å². The fourth-order valence-corrected chi connectivity index (χ4v) is 4.09. The van der Waals surface area contributed by atoms with Crippen molar-refractivity contribution in [2.45, 2.75) is 58.6 Å². The van der Waals surface area contributed by atoms with Crippen molar-refractivity contribution >= 4 is 17.5 Å². The molecule has 1 aliphatic heterocycles. The third-order valence-corrected chi connectivity index (χ3v) is 6.12. The number of hydrogen-bond donors (Lipinski definition) is 3. The molecule has 2 heterocycles. The number of rotatable bonds is 13. The standard InChI is InChI=1S/C26H34FN5O5/c1-4-18(25(34)28-10-11-33)6-5-7-19-13-22(32-37-19)21-14-23(31-16(2)30-21)26(35)29-15-17-8-9-20(27)24(12-17)36-3/h8-9,12,14,18-19,33H,4-7,10-11,13,15H2,1-3H3,(H,28,34)(H,29,35). The Kier molecular flexibility index (Phi) is 10.3. The summed E-state index contributed by atoms with van der Waals surface area (Å²) < 4.78 is 18.6. The molecule has 10 nitrogen and oxygen atoms in total. The second-order valence-electron chi connectivity index (χ2n) is 8.86. The molecule has 0 saturated carbocycles. The largest absolute Gasteiger partial charge is 0.494 e. The molecule has 1 aromatic carbocycles. The molecule has 3 rings (SSSR count). The minimum absolute atomic E-state index is 0.0401. The normalized spacial score (nSPS) is 15.5. The van der Waals surface area contributed by atoms with Crippen LogP contribution >= 0.6 is 0 Å². The Balaban J connectivity index is 1.54. The van der Waals surface area contributed by atoms with E-state index in [1.54, 1.807) is 19.1 Å². The van der Waals surface area contributed by atoms with Crippen molar-refractivity contribution in [3.8, 4) is 5.75 Å². The van der Waals surface area contributed by atoms with Gasteiger partial charge in [0.1, 0.15) is 23.3 Å². The summed E-state index contributed by atoms with van der Waals surface area (Å²) in [4.78, 5) is 39.2. The van der Waals surface area contributed by atoms with E-state index < -0.39 is 11.7 Å². The average molecular weight is 516 g/mol. The Bertz CT molecular complexity index is 1130. The fourth-order valence-electron chi connectivity index (χ4n) is 4.09. The molecule has 3 N–H and O–H groups in total. The van der Waals surface area contributed by atoms with Crippen molar-refractivity contribution in [2.24, 2.45) is 11.1 Å². The van der Waals surface area contributed by atoms with Gasteiger partial charge in [0.25, 0.3) is 5.91 Å². The fraction of sp³-hybridized carbons (Fsp3) is 0.500. The second-order valence-corrected chi connectivity index (χ2v) is 8.86. The van der Waals surface area contributed by atoms with Crippen LogP contribution < -0.4 is 15.4 Å². The lowest BCUT2D eigenvalue weighted by Gasteiger charge is -2.15. The molecule has 200 valence electrons. The lowest BCUT2D eigenvalue weighted by atomic mass is 9.96. The molecule has 2 atom stereocenters. The molecule has 2 aromatic rings. The van der Waals surface area contributed by atoms with E-state index in [1.165, 1.54) is 19.2 Å². The Hall–Kier alpha value is -3.60. The number of hydrogen-bond acceptors (Lipinski definition) is 8. The maximum absolute atomic E-state index is 13.6. The van der Waals surface area contributed by atoms with Crippen molar-refractivity contribution in [2.75, 3.05) is 20.3 Å². The summed E-state index contributed by atoms with van der Waals surface area (Å²) in [7, 11) is 1.38. The number of amides is 2. The van der Waals surface area contributed by atoms with Gasteiger partial charge in [-0.25, -0.2) is 14.4 Å². The van der Waals surface area contributed by atoms with Crippen molar-refractivity contribution in [1.82, 2.24) is 20.6 Å². The Labute approximate surface area is 215 Å². The van der Waals surface area contributed by atoms with Crippen LogP contribution in [-0.2, 0) is 16.2 Å². The SMILES string of the molecule is CCC(CCCC1CC(c2cc(C(=O)NCc3ccc(F)c(OC)c3)nc(C)n2)=NO1)C(=O)NCCO. The van der Waals surface area contributed by atoms with Crippen LogP contribution in [0.15, 0.2) is 29.4 Å². The van der Waals surface area contributed by atoms with Gasteiger partial charge in [0.15, 0.2) is 11.6 Å². The topological polar surface area (TPSA) is 135 Å². The highest BCUT2D eigenvalue weighted by atomic mass is 19.1. The lowest BCUT2D eigenvalue weighted by molar-refractivity contribution is -0.125. The summed E-state index contributed by atoms with van der Waals surface area (Å²) in [6.07, 6.45) is 3.39. The van der Waals surface area contributed by atoms with Crippen molar-refractivity contribution < 1.29 is 28.7 Å². The third-order valence-electron chi connectivity index (χ3n) is 6.12. The van der Waals surface area contributed by atoms with E-state index in [-0.39, 0.29) is 49.1 Å². The third kappa shape index (κ3) is 7.94. The molecule has 0 aliphatic carbocycles. The number of oxime groups is 1. The van der Waals surface area contributed by atoms with Gasteiger partial charge in [0.2, 0.25) is 5.91 Å². The van der Waals surface area contributed by atoms with E-state index in [0.717, 1.165) is 25.7 Å². The number of carbonyl (C=O) groups is 2. The van der Waals surface area contributed by atoms with E-state index in [4.69, 9.17) is 14.7 Å². The number of benzene rings is 1. The number of aliphatic hydroxyl groups is 1. The molecule has 1 aliphatic rings. The summed E-state index contributed by atoms with van der Waals surface area (Å²) in [5.74, 6) is -0.471. The Morgan fingerprint density at radius 1 is 1.27 bits per heavy atom. The number of halogens is 1. The van der Waals surface area contributed by atoms with Gasteiger partial charge in [-0.2, -0.15) is 0 Å². The van der Waals surface area contributed by atoms with Gasteiger partial charge in [0, 0.05) is 25.4 Å². The maximum atomic E-state index is 13.6. The quantitative estimate of drug-likeness (QED) is 0.373.